The van der Waals surface area contributed by atoms with Gasteiger partial charge in [-0.2, -0.15) is 5.26 Å². The smallest absolute Gasteiger partial charge is 0.0868 e. The Morgan fingerprint density at radius 3 is 3.07 bits per heavy atom. The zero-order valence-corrected chi connectivity index (χ0v) is 9.13. The van der Waals surface area contributed by atoms with Crippen molar-refractivity contribution < 1.29 is 0 Å². The van der Waals surface area contributed by atoms with Crippen LogP contribution in [0.1, 0.15) is 32.6 Å². The van der Waals surface area contributed by atoms with Crippen LogP contribution in [0.3, 0.4) is 0 Å². The summed E-state index contributed by atoms with van der Waals surface area (Å²) in [6.07, 6.45) is 5.01. The molecule has 0 aromatic carbocycles. The maximum Gasteiger partial charge on any atom is 0.0868 e. The summed E-state index contributed by atoms with van der Waals surface area (Å²) < 4.78 is 0. The monoisotopic (exact) mass is 195 g/mol. The van der Waals surface area contributed by atoms with E-state index in [-0.39, 0.29) is 0 Å². The average Bonchev–Trinajstić information content (AvgIpc) is 2.21. The second-order valence-electron chi connectivity index (χ2n) is 3.98. The minimum absolute atomic E-state index is 0.593. The molecule has 0 radical (unpaired) electrons. The standard InChI is InChI=1S/C11H21N3/c1-2-7-13-10-11-5-3-4-8-14(11)9-6-12/h11,13H,2-5,7-10H2,1H3. The van der Waals surface area contributed by atoms with Crippen molar-refractivity contribution in [1.29, 1.82) is 5.26 Å². The molecule has 1 fully saturated rings. The van der Waals surface area contributed by atoms with E-state index in [1.165, 1.54) is 25.7 Å². The quantitative estimate of drug-likeness (QED) is 0.532. The number of piperidine rings is 1. The molecule has 80 valence electrons. The molecule has 3 heteroatoms. The predicted octanol–water partition coefficient (Wildman–Crippen LogP) is 1.36. The molecule has 1 atom stereocenters. The third-order valence-electron chi connectivity index (χ3n) is 2.83. The van der Waals surface area contributed by atoms with Crippen LogP contribution in [0.4, 0.5) is 0 Å². The lowest BCUT2D eigenvalue weighted by Gasteiger charge is -2.34. The first-order chi connectivity index (χ1) is 6.88. The van der Waals surface area contributed by atoms with Crippen molar-refractivity contribution in [1.82, 2.24) is 10.2 Å². The minimum Gasteiger partial charge on any atom is -0.315 e. The van der Waals surface area contributed by atoms with E-state index < -0.39 is 0 Å². The van der Waals surface area contributed by atoms with Gasteiger partial charge in [-0.3, -0.25) is 4.90 Å². The molecule has 0 bridgehead atoms. The van der Waals surface area contributed by atoms with Crippen LogP contribution >= 0.6 is 0 Å². The highest BCUT2D eigenvalue weighted by molar-refractivity contribution is 4.85. The van der Waals surface area contributed by atoms with Gasteiger partial charge in [0.1, 0.15) is 0 Å². The lowest BCUT2D eigenvalue weighted by molar-refractivity contribution is 0.164. The van der Waals surface area contributed by atoms with Crippen LogP contribution in [-0.4, -0.2) is 37.1 Å². The van der Waals surface area contributed by atoms with E-state index in [1.807, 2.05) is 0 Å². The first-order valence-electron chi connectivity index (χ1n) is 5.70. The lowest BCUT2D eigenvalue weighted by atomic mass is 10.0. The third kappa shape index (κ3) is 3.65. The van der Waals surface area contributed by atoms with Gasteiger partial charge in [0.25, 0.3) is 0 Å². The van der Waals surface area contributed by atoms with E-state index in [4.69, 9.17) is 5.26 Å². The fourth-order valence-electron chi connectivity index (χ4n) is 2.04. The van der Waals surface area contributed by atoms with Crippen molar-refractivity contribution in [2.75, 3.05) is 26.2 Å². The Labute approximate surface area is 87.1 Å². The summed E-state index contributed by atoms with van der Waals surface area (Å²) in [5.74, 6) is 0. The van der Waals surface area contributed by atoms with Crippen LogP contribution in [0, 0.1) is 11.3 Å². The van der Waals surface area contributed by atoms with Crippen molar-refractivity contribution in [2.45, 2.75) is 38.6 Å². The maximum absolute atomic E-state index is 8.70. The number of nitrogens with one attached hydrogen (secondary N) is 1. The molecular formula is C11H21N3. The van der Waals surface area contributed by atoms with Gasteiger partial charge in [0.2, 0.25) is 0 Å². The predicted molar refractivity (Wildman–Crippen MR) is 58.0 cm³/mol. The molecule has 1 aliphatic heterocycles. The molecule has 1 unspecified atom stereocenters. The zero-order valence-electron chi connectivity index (χ0n) is 9.13. The van der Waals surface area contributed by atoms with Gasteiger partial charge in [0.05, 0.1) is 12.6 Å². The van der Waals surface area contributed by atoms with E-state index in [9.17, 15) is 0 Å². The van der Waals surface area contributed by atoms with E-state index in [0.29, 0.717) is 12.6 Å². The Balaban J connectivity index is 2.27. The van der Waals surface area contributed by atoms with Crippen LogP contribution in [0.2, 0.25) is 0 Å². The van der Waals surface area contributed by atoms with Gasteiger partial charge < -0.3 is 5.32 Å². The Morgan fingerprint density at radius 2 is 2.36 bits per heavy atom. The van der Waals surface area contributed by atoms with Crippen LogP contribution in [0.5, 0.6) is 0 Å². The number of likely N-dealkylation sites (tertiary alicyclic amines) is 1. The highest BCUT2D eigenvalue weighted by atomic mass is 15.2. The first-order valence-corrected chi connectivity index (χ1v) is 5.70. The topological polar surface area (TPSA) is 39.1 Å². The van der Waals surface area contributed by atoms with Crippen LogP contribution in [0.25, 0.3) is 0 Å². The van der Waals surface area contributed by atoms with Crippen molar-refractivity contribution in [3.8, 4) is 6.07 Å². The number of hydrogen-bond donors (Lipinski definition) is 1. The molecule has 0 aromatic heterocycles. The van der Waals surface area contributed by atoms with Gasteiger partial charge in [0.15, 0.2) is 0 Å². The normalized spacial score (nSPS) is 23.3. The molecule has 0 spiro atoms. The number of rotatable bonds is 5. The maximum atomic E-state index is 8.70. The Bertz CT molecular complexity index is 185. The number of hydrogen-bond acceptors (Lipinski definition) is 3. The second kappa shape index (κ2) is 6.80. The minimum atomic E-state index is 0.593. The van der Waals surface area contributed by atoms with Crippen molar-refractivity contribution in [2.24, 2.45) is 0 Å². The van der Waals surface area contributed by atoms with Gasteiger partial charge in [0, 0.05) is 12.6 Å². The molecule has 1 saturated heterocycles. The fraction of sp³-hybridized carbons (Fsp3) is 0.909. The van der Waals surface area contributed by atoms with Gasteiger partial charge in [-0.15, -0.1) is 0 Å². The lowest BCUT2D eigenvalue weighted by Crippen LogP contribution is -2.45. The molecule has 1 N–H and O–H groups in total. The summed E-state index contributed by atoms with van der Waals surface area (Å²) >= 11 is 0. The number of nitriles is 1. The molecular weight excluding hydrogens is 174 g/mol. The van der Waals surface area contributed by atoms with Crippen molar-refractivity contribution >= 4 is 0 Å². The van der Waals surface area contributed by atoms with Crippen LogP contribution in [0.15, 0.2) is 0 Å². The van der Waals surface area contributed by atoms with Crippen molar-refractivity contribution in [3.05, 3.63) is 0 Å². The summed E-state index contributed by atoms with van der Waals surface area (Å²) in [5.41, 5.74) is 0. The summed E-state index contributed by atoms with van der Waals surface area (Å²) in [5, 5.41) is 12.1. The highest BCUT2D eigenvalue weighted by Gasteiger charge is 2.20. The summed E-state index contributed by atoms with van der Waals surface area (Å²) in [7, 11) is 0. The van der Waals surface area contributed by atoms with E-state index >= 15 is 0 Å². The Kier molecular flexibility index (Phi) is 5.58. The molecule has 14 heavy (non-hydrogen) atoms. The van der Waals surface area contributed by atoms with Gasteiger partial charge in [-0.05, 0) is 32.4 Å². The summed E-state index contributed by atoms with van der Waals surface area (Å²) in [6.45, 7) is 6.03. The van der Waals surface area contributed by atoms with Gasteiger partial charge >= 0.3 is 0 Å². The summed E-state index contributed by atoms with van der Waals surface area (Å²) in [6, 6.07) is 2.85. The molecule has 1 rings (SSSR count). The molecule has 1 aliphatic rings. The number of nitrogens with zero attached hydrogens (tertiary/aromatic N) is 2. The van der Waals surface area contributed by atoms with Gasteiger partial charge in [-0.25, -0.2) is 0 Å². The molecule has 0 amide bonds. The van der Waals surface area contributed by atoms with E-state index in [2.05, 4.69) is 23.2 Å². The van der Waals surface area contributed by atoms with E-state index in [0.717, 1.165) is 19.6 Å². The van der Waals surface area contributed by atoms with E-state index in [1.54, 1.807) is 0 Å². The SMILES string of the molecule is CCCNCC1CCCCN1CC#N. The molecule has 0 aliphatic carbocycles. The Morgan fingerprint density at radius 1 is 1.50 bits per heavy atom. The van der Waals surface area contributed by atoms with Crippen molar-refractivity contribution in [3.63, 3.8) is 0 Å². The molecule has 1 heterocycles. The summed E-state index contributed by atoms with van der Waals surface area (Å²) in [4.78, 5) is 2.31. The highest BCUT2D eigenvalue weighted by Crippen LogP contribution is 2.15. The fourth-order valence-corrected chi connectivity index (χ4v) is 2.04. The van der Waals surface area contributed by atoms with Gasteiger partial charge in [-0.1, -0.05) is 13.3 Å². The molecule has 0 saturated carbocycles. The van der Waals surface area contributed by atoms with Crippen LogP contribution < -0.4 is 5.32 Å². The first kappa shape index (κ1) is 11.5. The molecule has 3 nitrogen and oxygen atoms in total. The third-order valence-corrected chi connectivity index (χ3v) is 2.83. The van der Waals surface area contributed by atoms with Crippen LogP contribution in [-0.2, 0) is 0 Å². The largest absolute Gasteiger partial charge is 0.315 e. The second-order valence-corrected chi connectivity index (χ2v) is 3.98. The zero-order chi connectivity index (χ0) is 10.2. The molecule has 0 aromatic rings. The Hall–Kier alpha value is -0.590. The average molecular weight is 195 g/mol.